The number of ether oxygens (including phenoxy) is 2. The molecule has 1 heterocycles. The summed E-state index contributed by atoms with van der Waals surface area (Å²) < 4.78 is 10.7. The minimum atomic E-state index is -0.197. The zero-order chi connectivity index (χ0) is 11.3. The fraction of sp³-hybridized carbons (Fsp3) is 0.909. The molecule has 0 N–H and O–H groups in total. The Bertz CT molecular complexity index is 206. The minimum absolute atomic E-state index is 0.00667. The normalized spacial score (nSPS) is 27.7. The van der Waals surface area contributed by atoms with E-state index in [-0.39, 0.29) is 12.1 Å². The van der Waals surface area contributed by atoms with Gasteiger partial charge in [0.1, 0.15) is 6.10 Å². The van der Waals surface area contributed by atoms with Gasteiger partial charge in [-0.2, -0.15) is 0 Å². The molecule has 0 saturated carbocycles. The third-order valence-corrected chi connectivity index (χ3v) is 2.75. The molecule has 2 unspecified atom stereocenters. The van der Waals surface area contributed by atoms with E-state index in [2.05, 4.69) is 4.90 Å². The largest absolute Gasteiger partial charge is 0.461 e. The summed E-state index contributed by atoms with van der Waals surface area (Å²) in [6.45, 7) is 6.73. The highest BCUT2D eigenvalue weighted by Gasteiger charge is 2.29. The molecule has 0 aromatic heterocycles. The average Bonchev–Trinajstić information content (AvgIpc) is 2.16. The number of piperidine rings is 1. The van der Waals surface area contributed by atoms with E-state index in [1.165, 1.54) is 6.92 Å². The van der Waals surface area contributed by atoms with Crippen LogP contribution in [-0.4, -0.2) is 50.3 Å². The van der Waals surface area contributed by atoms with Crippen LogP contribution in [-0.2, 0) is 14.3 Å². The summed E-state index contributed by atoms with van der Waals surface area (Å²) >= 11 is 0. The second-order valence-electron chi connectivity index (χ2n) is 4.12. The second-order valence-corrected chi connectivity index (χ2v) is 4.12. The summed E-state index contributed by atoms with van der Waals surface area (Å²) in [5.41, 5.74) is 0. The zero-order valence-electron chi connectivity index (χ0n) is 9.86. The first-order chi connectivity index (χ1) is 7.13. The first-order valence-electron chi connectivity index (χ1n) is 5.57. The maximum Gasteiger partial charge on any atom is 0.302 e. The first-order valence-corrected chi connectivity index (χ1v) is 5.57. The topological polar surface area (TPSA) is 38.8 Å². The monoisotopic (exact) mass is 215 g/mol. The van der Waals surface area contributed by atoms with Crippen LogP contribution in [0.2, 0.25) is 0 Å². The van der Waals surface area contributed by atoms with E-state index in [1.54, 1.807) is 0 Å². The SMILES string of the molecule is CCOCC1CCN(C)CC1OC(C)=O. The molecule has 2 atom stereocenters. The van der Waals surface area contributed by atoms with E-state index >= 15 is 0 Å². The summed E-state index contributed by atoms with van der Waals surface area (Å²) in [5.74, 6) is 0.154. The van der Waals surface area contributed by atoms with Crippen molar-refractivity contribution in [3.8, 4) is 0 Å². The summed E-state index contributed by atoms with van der Waals surface area (Å²) in [7, 11) is 2.05. The van der Waals surface area contributed by atoms with Crippen molar-refractivity contribution in [1.82, 2.24) is 4.90 Å². The van der Waals surface area contributed by atoms with Gasteiger partial charge >= 0.3 is 5.97 Å². The van der Waals surface area contributed by atoms with Gasteiger partial charge in [-0.3, -0.25) is 4.79 Å². The molecule has 88 valence electrons. The van der Waals surface area contributed by atoms with E-state index in [9.17, 15) is 4.79 Å². The van der Waals surface area contributed by atoms with Gasteiger partial charge in [0.15, 0.2) is 0 Å². The lowest BCUT2D eigenvalue weighted by Crippen LogP contribution is -2.45. The molecule has 1 aliphatic heterocycles. The first kappa shape index (κ1) is 12.5. The van der Waals surface area contributed by atoms with Crippen LogP contribution in [0.1, 0.15) is 20.3 Å². The van der Waals surface area contributed by atoms with E-state index < -0.39 is 0 Å². The molecule has 4 heteroatoms. The molecule has 0 bridgehead atoms. The Balaban J connectivity index is 2.46. The molecular formula is C11H21NO3. The molecule has 0 aliphatic carbocycles. The maximum atomic E-state index is 11.0. The summed E-state index contributed by atoms with van der Waals surface area (Å²) in [4.78, 5) is 13.1. The van der Waals surface area contributed by atoms with Gasteiger partial charge in [0, 0.05) is 26.0 Å². The Morgan fingerprint density at radius 2 is 2.27 bits per heavy atom. The predicted molar refractivity (Wildman–Crippen MR) is 57.7 cm³/mol. The van der Waals surface area contributed by atoms with Gasteiger partial charge in [-0.1, -0.05) is 0 Å². The van der Waals surface area contributed by atoms with Crippen LogP contribution in [0.5, 0.6) is 0 Å². The van der Waals surface area contributed by atoms with Crippen LogP contribution in [0.15, 0.2) is 0 Å². The molecule has 0 aromatic rings. The van der Waals surface area contributed by atoms with E-state index in [0.29, 0.717) is 12.5 Å². The van der Waals surface area contributed by atoms with Gasteiger partial charge in [0.2, 0.25) is 0 Å². The number of carbonyl (C=O) groups excluding carboxylic acids is 1. The molecular weight excluding hydrogens is 194 g/mol. The number of likely N-dealkylation sites (tertiary alicyclic amines) is 1. The smallest absolute Gasteiger partial charge is 0.302 e. The number of nitrogens with zero attached hydrogens (tertiary/aromatic N) is 1. The van der Waals surface area contributed by atoms with Crippen molar-refractivity contribution in [3.63, 3.8) is 0 Å². The minimum Gasteiger partial charge on any atom is -0.461 e. The molecule has 1 rings (SSSR count). The molecule has 0 radical (unpaired) electrons. The predicted octanol–water partition coefficient (Wildman–Crippen LogP) is 0.906. The van der Waals surface area contributed by atoms with Crippen LogP contribution in [0.4, 0.5) is 0 Å². The third-order valence-electron chi connectivity index (χ3n) is 2.75. The molecule has 1 saturated heterocycles. The molecule has 0 amide bonds. The van der Waals surface area contributed by atoms with Crippen LogP contribution < -0.4 is 0 Å². The number of rotatable bonds is 4. The highest BCUT2D eigenvalue weighted by atomic mass is 16.5. The van der Waals surface area contributed by atoms with Crippen LogP contribution in [0.25, 0.3) is 0 Å². The molecule has 1 fully saturated rings. The fourth-order valence-corrected chi connectivity index (χ4v) is 1.93. The van der Waals surface area contributed by atoms with Crippen LogP contribution in [0, 0.1) is 5.92 Å². The van der Waals surface area contributed by atoms with E-state index in [4.69, 9.17) is 9.47 Å². The van der Waals surface area contributed by atoms with E-state index in [0.717, 1.165) is 26.1 Å². The number of esters is 1. The standard InChI is InChI=1S/C11H21NO3/c1-4-14-8-10-5-6-12(3)7-11(10)15-9(2)13/h10-11H,4-8H2,1-3H3. The van der Waals surface area contributed by atoms with Crippen LogP contribution >= 0.6 is 0 Å². The summed E-state index contributed by atoms with van der Waals surface area (Å²) in [6, 6.07) is 0. The molecule has 0 spiro atoms. The lowest BCUT2D eigenvalue weighted by Gasteiger charge is -2.35. The lowest BCUT2D eigenvalue weighted by molar-refractivity contribution is -0.153. The highest BCUT2D eigenvalue weighted by Crippen LogP contribution is 2.20. The van der Waals surface area contributed by atoms with Gasteiger partial charge in [0.25, 0.3) is 0 Å². The molecule has 15 heavy (non-hydrogen) atoms. The molecule has 4 nitrogen and oxygen atoms in total. The van der Waals surface area contributed by atoms with Crippen molar-refractivity contribution in [1.29, 1.82) is 0 Å². The molecule has 1 aliphatic rings. The molecule has 0 aromatic carbocycles. The van der Waals surface area contributed by atoms with Crippen molar-refractivity contribution < 1.29 is 14.3 Å². The quantitative estimate of drug-likeness (QED) is 0.653. The average molecular weight is 215 g/mol. The Morgan fingerprint density at radius 3 is 2.87 bits per heavy atom. The third kappa shape index (κ3) is 4.18. The van der Waals surface area contributed by atoms with Crippen molar-refractivity contribution >= 4 is 5.97 Å². The van der Waals surface area contributed by atoms with Crippen molar-refractivity contribution in [3.05, 3.63) is 0 Å². The zero-order valence-corrected chi connectivity index (χ0v) is 9.86. The van der Waals surface area contributed by atoms with Gasteiger partial charge in [-0.05, 0) is 26.9 Å². The fourth-order valence-electron chi connectivity index (χ4n) is 1.93. The Hall–Kier alpha value is -0.610. The van der Waals surface area contributed by atoms with E-state index in [1.807, 2.05) is 14.0 Å². The van der Waals surface area contributed by atoms with Crippen molar-refractivity contribution in [2.24, 2.45) is 5.92 Å². The van der Waals surface area contributed by atoms with Gasteiger partial charge < -0.3 is 14.4 Å². The number of hydrogen-bond acceptors (Lipinski definition) is 4. The van der Waals surface area contributed by atoms with Gasteiger partial charge in [0.05, 0.1) is 6.61 Å². The summed E-state index contributed by atoms with van der Waals surface area (Å²) in [6.07, 6.45) is 1.03. The Morgan fingerprint density at radius 1 is 1.53 bits per heavy atom. The van der Waals surface area contributed by atoms with Gasteiger partial charge in [-0.15, -0.1) is 0 Å². The second kappa shape index (κ2) is 6.08. The number of carbonyl (C=O) groups is 1. The van der Waals surface area contributed by atoms with Crippen molar-refractivity contribution in [2.45, 2.75) is 26.4 Å². The van der Waals surface area contributed by atoms with Gasteiger partial charge in [-0.25, -0.2) is 0 Å². The number of likely N-dealkylation sites (N-methyl/N-ethyl adjacent to an activating group) is 1. The van der Waals surface area contributed by atoms with Crippen LogP contribution in [0.3, 0.4) is 0 Å². The van der Waals surface area contributed by atoms with Crippen molar-refractivity contribution in [2.75, 3.05) is 33.4 Å². The summed E-state index contributed by atoms with van der Waals surface area (Å²) in [5, 5.41) is 0. The Labute approximate surface area is 91.5 Å². The lowest BCUT2D eigenvalue weighted by atomic mass is 9.95. The number of hydrogen-bond donors (Lipinski definition) is 0. The Kier molecular flexibility index (Phi) is 5.05. The maximum absolute atomic E-state index is 11.0. The highest BCUT2D eigenvalue weighted by molar-refractivity contribution is 5.66.